The zero-order chi connectivity index (χ0) is 13.3. The van der Waals surface area contributed by atoms with Gasteiger partial charge in [-0.2, -0.15) is 0 Å². The summed E-state index contributed by atoms with van der Waals surface area (Å²) in [6, 6.07) is 3.85. The van der Waals surface area contributed by atoms with E-state index in [9.17, 15) is 0 Å². The van der Waals surface area contributed by atoms with Crippen LogP contribution in [0, 0.1) is 0 Å². The first kappa shape index (κ1) is 13.8. The second kappa shape index (κ2) is 5.55. The molecule has 2 atom stereocenters. The first-order chi connectivity index (χ1) is 8.52. The molecule has 0 saturated carbocycles. The van der Waals surface area contributed by atoms with Crippen LogP contribution in [0.1, 0.15) is 19.8 Å². The van der Waals surface area contributed by atoms with Gasteiger partial charge in [-0.15, -0.1) is 0 Å². The summed E-state index contributed by atoms with van der Waals surface area (Å²) in [6.45, 7) is 3.05. The van der Waals surface area contributed by atoms with Crippen molar-refractivity contribution < 1.29 is 4.74 Å². The Morgan fingerprint density at radius 3 is 2.44 bits per heavy atom. The number of nitrogens with two attached hydrogens (primary N) is 1. The molecule has 0 amide bonds. The fourth-order valence-electron chi connectivity index (χ4n) is 2.53. The maximum atomic E-state index is 6.27. The average Bonchev–Trinajstić information content (AvgIpc) is 2.29. The average molecular weight is 289 g/mol. The van der Waals surface area contributed by atoms with Crippen molar-refractivity contribution in [2.24, 2.45) is 0 Å². The van der Waals surface area contributed by atoms with Crippen LogP contribution in [0.3, 0.4) is 0 Å². The molecular weight excluding hydrogens is 271 g/mol. The van der Waals surface area contributed by atoms with Crippen LogP contribution in [0.5, 0.6) is 0 Å². The summed E-state index contributed by atoms with van der Waals surface area (Å²) in [5.74, 6) is 0. The maximum Gasteiger partial charge on any atom is 0.0748 e. The molecule has 1 fully saturated rings. The van der Waals surface area contributed by atoms with E-state index < -0.39 is 0 Å². The summed E-state index contributed by atoms with van der Waals surface area (Å²) in [5.41, 5.74) is 7.20. The van der Waals surface area contributed by atoms with Crippen molar-refractivity contribution in [2.45, 2.75) is 31.9 Å². The van der Waals surface area contributed by atoms with Crippen LogP contribution < -0.4 is 10.6 Å². The Morgan fingerprint density at radius 1 is 1.33 bits per heavy atom. The molecular formula is C13H18Cl2N2O. The zero-order valence-electron chi connectivity index (χ0n) is 10.6. The highest BCUT2D eigenvalue weighted by molar-refractivity contribution is 6.39. The van der Waals surface area contributed by atoms with E-state index in [1.807, 2.05) is 0 Å². The number of nitrogen functional groups attached to an aromatic ring is 1. The van der Waals surface area contributed by atoms with Gasteiger partial charge in [0.05, 0.1) is 21.8 Å². The molecule has 1 aliphatic rings. The SMILES string of the molecule is COC1CCN(c2c(Cl)cc(N)cc2Cl)C(C)C1. The number of anilines is 2. The van der Waals surface area contributed by atoms with E-state index in [1.54, 1.807) is 19.2 Å². The van der Waals surface area contributed by atoms with E-state index in [-0.39, 0.29) is 0 Å². The molecule has 0 spiro atoms. The molecule has 1 aromatic carbocycles. The van der Waals surface area contributed by atoms with Crippen LogP contribution in [-0.2, 0) is 4.74 Å². The van der Waals surface area contributed by atoms with Gasteiger partial charge in [0.15, 0.2) is 0 Å². The van der Waals surface area contributed by atoms with Crippen molar-refractivity contribution in [1.29, 1.82) is 0 Å². The molecule has 2 N–H and O–H groups in total. The molecule has 5 heteroatoms. The quantitative estimate of drug-likeness (QED) is 0.846. The standard InChI is InChI=1S/C13H18Cl2N2O/c1-8-5-10(18-2)3-4-17(8)13-11(14)6-9(16)7-12(13)15/h6-8,10H,3-5,16H2,1-2H3. The maximum absolute atomic E-state index is 6.27. The Hall–Kier alpha value is -0.640. The summed E-state index contributed by atoms with van der Waals surface area (Å²) < 4.78 is 5.41. The van der Waals surface area contributed by atoms with E-state index in [0.29, 0.717) is 27.9 Å². The fourth-order valence-corrected chi connectivity index (χ4v) is 3.26. The van der Waals surface area contributed by atoms with Gasteiger partial charge in [0.1, 0.15) is 0 Å². The largest absolute Gasteiger partial charge is 0.399 e. The number of hydrogen-bond donors (Lipinski definition) is 1. The van der Waals surface area contributed by atoms with Crippen molar-refractivity contribution in [1.82, 2.24) is 0 Å². The second-order valence-corrected chi connectivity index (χ2v) is 5.57. The summed E-state index contributed by atoms with van der Waals surface area (Å²) in [6.07, 6.45) is 2.29. The Morgan fingerprint density at radius 2 is 1.94 bits per heavy atom. The van der Waals surface area contributed by atoms with E-state index in [0.717, 1.165) is 25.1 Å². The zero-order valence-corrected chi connectivity index (χ0v) is 12.1. The summed E-state index contributed by atoms with van der Waals surface area (Å²) in [7, 11) is 1.76. The molecule has 100 valence electrons. The van der Waals surface area contributed by atoms with Gasteiger partial charge in [-0.3, -0.25) is 0 Å². The molecule has 0 bridgehead atoms. The number of methoxy groups -OCH3 is 1. The van der Waals surface area contributed by atoms with Crippen LogP contribution in [0.15, 0.2) is 12.1 Å². The monoisotopic (exact) mass is 288 g/mol. The van der Waals surface area contributed by atoms with E-state index >= 15 is 0 Å². The third-order valence-electron chi connectivity index (χ3n) is 3.49. The predicted molar refractivity (Wildman–Crippen MR) is 77.7 cm³/mol. The topological polar surface area (TPSA) is 38.5 Å². The minimum absolute atomic E-state index is 0.322. The Labute approximate surface area is 118 Å². The van der Waals surface area contributed by atoms with Gasteiger partial charge in [-0.05, 0) is 31.9 Å². The van der Waals surface area contributed by atoms with Crippen molar-refractivity contribution >= 4 is 34.6 Å². The fraction of sp³-hybridized carbons (Fsp3) is 0.538. The van der Waals surface area contributed by atoms with Crippen molar-refractivity contribution in [2.75, 3.05) is 24.3 Å². The third kappa shape index (κ3) is 2.68. The molecule has 1 aliphatic heterocycles. The van der Waals surface area contributed by atoms with Crippen LogP contribution in [0.4, 0.5) is 11.4 Å². The normalized spacial score (nSPS) is 24.3. The Balaban J connectivity index is 2.27. The van der Waals surface area contributed by atoms with Gasteiger partial charge in [-0.25, -0.2) is 0 Å². The summed E-state index contributed by atoms with van der Waals surface area (Å²) in [5, 5.41) is 1.23. The number of piperidine rings is 1. The number of halogens is 2. The highest BCUT2D eigenvalue weighted by atomic mass is 35.5. The molecule has 0 aromatic heterocycles. The predicted octanol–water partition coefficient (Wildman–Crippen LogP) is 3.58. The van der Waals surface area contributed by atoms with Gasteiger partial charge >= 0.3 is 0 Å². The lowest BCUT2D eigenvalue weighted by atomic mass is 9.99. The number of rotatable bonds is 2. The lowest BCUT2D eigenvalue weighted by molar-refractivity contribution is 0.0721. The Bertz CT molecular complexity index is 416. The minimum atomic E-state index is 0.322. The van der Waals surface area contributed by atoms with Gasteiger partial charge in [0, 0.05) is 25.4 Å². The van der Waals surface area contributed by atoms with Gasteiger partial charge in [0.2, 0.25) is 0 Å². The summed E-state index contributed by atoms with van der Waals surface area (Å²) >= 11 is 12.5. The molecule has 3 nitrogen and oxygen atoms in total. The number of nitrogens with zero attached hydrogens (tertiary/aromatic N) is 1. The first-order valence-corrected chi connectivity index (χ1v) is 6.82. The molecule has 2 rings (SSSR count). The van der Waals surface area contributed by atoms with Crippen LogP contribution in [-0.4, -0.2) is 25.8 Å². The second-order valence-electron chi connectivity index (χ2n) is 4.76. The first-order valence-electron chi connectivity index (χ1n) is 6.07. The smallest absolute Gasteiger partial charge is 0.0748 e. The molecule has 1 heterocycles. The third-order valence-corrected chi connectivity index (χ3v) is 4.06. The van der Waals surface area contributed by atoms with Crippen molar-refractivity contribution in [3.05, 3.63) is 22.2 Å². The number of benzene rings is 1. The highest BCUT2D eigenvalue weighted by Crippen LogP contribution is 2.39. The van der Waals surface area contributed by atoms with Crippen molar-refractivity contribution in [3.8, 4) is 0 Å². The molecule has 0 radical (unpaired) electrons. The lowest BCUT2D eigenvalue weighted by Gasteiger charge is -2.39. The van der Waals surface area contributed by atoms with Gasteiger partial charge in [-0.1, -0.05) is 23.2 Å². The highest BCUT2D eigenvalue weighted by Gasteiger charge is 2.28. The molecule has 18 heavy (non-hydrogen) atoms. The minimum Gasteiger partial charge on any atom is -0.399 e. The van der Waals surface area contributed by atoms with Crippen LogP contribution in [0.25, 0.3) is 0 Å². The van der Waals surface area contributed by atoms with Crippen LogP contribution >= 0.6 is 23.2 Å². The lowest BCUT2D eigenvalue weighted by Crippen LogP contribution is -2.43. The summed E-state index contributed by atoms with van der Waals surface area (Å²) in [4.78, 5) is 2.24. The number of ether oxygens (including phenoxy) is 1. The van der Waals surface area contributed by atoms with Gasteiger partial charge < -0.3 is 15.4 Å². The van der Waals surface area contributed by atoms with E-state index in [2.05, 4.69) is 11.8 Å². The molecule has 1 aromatic rings. The van der Waals surface area contributed by atoms with Crippen molar-refractivity contribution in [3.63, 3.8) is 0 Å². The molecule has 1 saturated heterocycles. The molecule has 2 unspecified atom stereocenters. The molecule has 0 aliphatic carbocycles. The van der Waals surface area contributed by atoms with Crippen LogP contribution in [0.2, 0.25) is 10.0 Å². The Kier molecular flexibility index (Phi) is 4.25. The number of hydrogen-bond acceptors (Lipinski definition) is 3. The van der Waals surface area contributed by atoms with Gasteiger partial charge in [0.25, 0.3) is 0 Å². The van der Waals surface area contributed by atoms with E-state index in [4.69, 9.17) is 33.7 Å². The van der Waals surface area contributed by atoms with E-state index in [1.165, 1.54) is 0 Å².